The Kier molecular flexibility index (Phi) is 3.76. The van der Waals surface area contributed by atoms with Crippen molar-refractivity contribution >= 4 is 17.4 Å². The largest absolute Gasteiger partial charge is 0.346 e. The minimum absolute atomic E-state index is 0.0473. The lowest BCUT2D eigenvalue weighted by molar-refractivity contribution is 0.461. The number of aromatic nitrogens is 2. The van der Waals surface area contributed by atoms with Crippen molar-refractivity contribution in [1.82, 2.24) is 9.55 Å². The van der Waals surface area contributed by atoms with Gasteiger partial charge in [0.1, 0.15) is 0 Å². The normalized spacial score (nSPS) is 29.2. The Bertz CT molecular complexity index is 528. The summed E-state index contributed by atoms with van der Waals surface area (Å²) in [4.78, 5) is 19.3. The third kappa shape index (κ3) is 2.46. The molecule has 110 valence electrons. The summed E-state index contributed by atoms with van der Waals surface area (Å²) in [5, 5.41) is 0.255. The number of piperidine rings is 1. The molecule has 20 heavy (non-hydrogen) atoms. The first kappa shape index (κ1) is 13.9. The second-order valence-electron chi connectivity index (χ2n) is 6.46. The highest BCUT2D eigenvalue weighted by atomic mass is 35.5. The molecule has 0 amide bonds. The number of hydrogen-bond donors (Lipinski definition) is 0. The fraction of sp³-hybridized carbons (Fsp3) is 0.733. The van der Waals surface area contributed by atoms with Crippen LogP contribution in [0.5, 0.6) is 0 Å². The maximum atomic E-state index is 12.6. The van der Waals surface area contributed by atoms with Crippen LogP contribution in [0.4, 0.5) is 5.82 Å². The van der Waals surface area contributed by atoms with Gasteiger partial charge in [-0.3, -0.25) is 4.79 Å². The number of nitrogens with zero attached hydrogens (tertiary/aromatic N) is 3. The van der Waals surface area contributed by atoms with Crippen molar-refractivity contribution in [3.05, 3.63) is 22.7 Å². The van der Waals surface area contributed by atoms with Gasteiger partial charge in [0.15, 0.2) is 5.82 Å². The van der Waals surface area contributed by atoms with Crippen molar-refractivity contribution in [1.29, 1.82) is 0 Å². The Labute approximate surface area is 124 Å². The average molecular weight is 296 g/mol. The molecule has 0 spiro atoms. The van der Waals surface area contributed by atoms with Gasteiger partial charge in [-0.1, -0.05) is 13.8 Å². The first-order valence-corrected chi connectivity index (χ1v) is 7.97. The second-order valence-corrected chi connectivity index (χ2v) is 7.08. The molecular formula is C15H22ClN3O. The van der Waals surface area contributed by atoms with Crippen molar-refractivity contribution < 1.29 is 0 Å². The lowest BCUT2D eigenvalue weighted by Gasteiger charge is -2.37. The van der Waals surface area contributed by atoms with E-state index in [-0.39, 0.29) is 10.9 Å². The first-order valence-electron chi connectivity index (χ1n) is 7.54. The Morgan fingerprint density at radius 2 is 2.00 bits per heavy atom. The molecule has 0 radical (unpaired) electrons. The molecule has 0 N–H and O–H groups in total. The molecule has 2 atom stereocenters. The molecule has 1 aromatic heterocycles. The molecule has 2 saturated heterocycles. The Morgan fingerprint density at radius 3 is 2.60 bits per heavy atom. The highest BCUT2D eigenvalue weighted by molar-refractivity contribution is 6.20. The number of alkyl halides is 1. The zero-order valence-corrected chi connectivity index (χ0v) is 12.9. The van der Waals surface area contributed by atoms with Gasteiger partial charge in [-0.25, -0.2) is 4.98 Å². The third-order valence-electron chi connectivity index (χ3n) is 4.38. The molecule has 0 aromatic carbocycles. The van der Waals surface area contributed by atoms with E-state index in [0.717, 1.165) is 32.2 Å². The summed E-state index contributed by atoms with van der Waals surface area (Å²) in [7, 11) is 0. The molecule has 3 heterocycles. The van der Waals surface area contributed by atoms with Crippen LogP contribution >= 0.6 is 11.6 Å². The van der Waals surface area contributed by atoms with Gasteiger partial charge in [-0.05, 0) is 31.6 Å². The average Bonchev–Trinajstić information content (AvgIpc) is 2.64. The third-order valence-corrected chi connectivity index (χ3v) is 4.73. The molecule has 0 aliphatic carbocycles. The number of fused-ring (bicyclic) bond motifs is 2. The Morgan fingerprint density at radius 1 is 1.35 bits per heavy atom. The molecule has 3 rings (SSSR count). The fourth-order valence-electron chi connectivity index (χ4n) is 3.61. The van der Waals surface area contributed by atoms with Crippen molar-refractivity contribution in [2.45, 2.75) is 63.5 Å². The van der Waals surface area contributed by atoms with E-state index in [4.69, 9.17) is 11.6 Å². The van der Waals surface area contributed by atoms with E-state index >= 15 is 0 Å². The maximum absolute atomic E-state index is 12.6. The lowest BCUT2D eigenvalue weighted by atomic mass is 10.0. The molecule has 2 fully saturated rings. The standard InChI is InChI=1S/C15H22ClN3O/c1-10(2)9-18-6-5-17-14(15(18)20)19-12-3-4-13(19)8-11(16)7-12/h5-6,10-13H,3-4,7-9H2,1-2H3. The predicted octanol–water partition coefficient (Wildman–Crippen LogP) is 2.64. The zero-order chi connectivity index (χ0) is 14.3. The van der Waals surface area contributed by atoms with E-state index in [1.54, 1.807) is 17.0 Å². The summed E-state index contributed by atoms with van der Waals surface area (Å²) in [6, 6.07) is 0.790. The second kappa shape index (κ2) is 5.40. The summed E-state index contributed by atoms with van der Waals surface area (Å²) < 4.78 is 1.79. The number of halogens is 1. The monoisotopic (exact) mass is 295 g/mol. The van der Waals surface area contributed by atoms with Gasteiger partial charge in [-0.15, -0.1) is 11.6 Å². The fourth-order valence-corrected chi connectivity index (χ4v) is 4.02. The minimum Gasteiger partial charge on any atom is -0.346 e. The smallest absolute Gasteiger partial charge is 0.293 e. The summed E-state index contributed by atoms with van der Waals surface area (Å²) in [5.74, 6) is 1.08. The van der Waals surface area contributed by atoms with Crippen molar-refractivity contribution in [2.24, 2.45) is 5.92 Å². The zero-order valence-electron chi connectivity index (χ0n) is 12.1. The van der Waals surface area contributed by atoms with Crippen molar-refractivity contribution in [3.8, 4) is 0 Å². The van der Waals surface area contributed by atoms with E-state index < -0.39 is 0 Å². The summed E-state index contributed by atoms with van der Waals surface area (Å²) in [5.41, 5.74) is 0.0473. The molecule has 1 aromatic rings. The van der Waals surface area contributed by atoms with E-state index in [0.29, 0.717) is 23.8 Å². The lowest BCUT2D eigenvalue weighted by Crippen LogP contribution is -2.47. The van der Waals surface area contributed by atoms with Gasteiger partial charge < -0.3 is 9.47 Å². The van der Waals surface area contributed by atoms with Gasteiger partial charge in [0.2, 0.25) is 0 Å². The molecule has 2 aliphatic heterocycles. The van der Waals surface area contributed by atoms with Gasteiger partial charge in [0, 0.05) is 36.4 Å². The number of anilines is 1. The van der Waals surface area contributed by atoms with Crippen LogP contribution in [0, 0.1) is 5.92 Å². The highest BCUT2D eigenvalue weighted by Gasteiger charge is 2.41. The van der Waals surface area contributed by atoms with Crippen LogP contribution in [-0.2, 0) is 6.54 Å². The van der Waals surface area contributed by atoms with Crippen molar-refractivity contribution in [3.63, 3.8) is 0 Å². The minimum atomic E-state index is 0.0473. The molecule has 2 aliphatic rings. The van der Waals surface area contributed by atoms with E-state index in [1.165, 1.54) is 0 Å². The first-order chi connectivity index (χ1) is 9.56. The van der Waals surface area contributed by atoms with Crippen LogP contribution in [0.3, 0.4) is 0 Å². The van der Waals surface area contributed by atoms with Gasteiger partial charge >= 0.3 is 0 Å². The Balaban J connectivity index is 1.93. The number of hydrogen-bond acceptors (Lipinski definition) is 3. The molecule has 5 heteroatoms. The van der Waals surface area contributed by atoms with Gasteiger partial charge in [0.05, 0.1) is 0 Å². The molecule has 2 bridgehead atoms. The van der Waals surface area contributed by atoms with Gasteiger partial charge in [-0.2, -0.15) is 0 Å². The van der Waals surface area contributed by atoms with Crippen LogP contribution in [0.2, 0.25) is 0 Å². The molecule has 0 saturated carbocycles. The van der Waals surface area contributed by atoms with Crippen LogP contribution in [0.1, 0.15) is 39.5 Å². The predicted molar refractivity (Wildman–Crippen MR) is 81.5 cm³/mol. The molecular weight excluding hydrogens is 274 g/mol. The Hall–Kier alpha value is -1.03. The summed E-state index contributed by atoms with van der Waals surface area (Å²) in [6.07, 6.45) is 7.76. The highest BCUT2D eigenvalue weighted by Crippen LogP contribution is 2.39. The topological polar surface area (TPSA) is 38.1 Å². The van der Waals surface area contributed by atoms with Crippen LogP contribution in [0.15, 0.2) is 17.2 Å². The van der Waals surface area contributed by atoms with Crippen LogP contribution < -0.4 is 10.5 Å². The van der Waals surface area contributed by atoms with Crippen LogP contribution in [0.25, 0.3) is 0 Å². The summed E-state index contributed by atoms with van der Waals surface area (Å²) >= 11 is 6.31. The van der Waals surface area contributed by atoms with Crippen LogP contribution in [-0.4, -0.2) is 27.0 Å². The van der Waals surface area contributed by atoms with E-state index in [2.05, 4.69) is 23.7 Å². The van der Waals surface area contributed by atoms with E-state index in [1.807, 2.05) is 0 Å². The van der Waals surface area contributed by atoms with Crippen molar-refractivity contribution in [2.75, 3.05) is 4.90 Å². The molecule has 4 nitrogen and oxygen atoms in total. The number of rotatable bonds is 3. The quantitative estimate of drug-likeness (QED) is 0.805. The SMILES string of the molecule is CC(C)Cn1ccnc(N2C3CCC2CC(Cl)C3)c1=O. The molecule has 2 unspecified atom stereocenters. The van der Waals surface area contributed by atoms with E-state index in [9.17, 15) is 4.79 Å². The maximum Gasteiger partial charge on any atom is 0.293 e. The van der Waals surface area contributed by atoms with Gasteiger partial charge in [0.25, 0.3) is 5.56 Å². The summed E-state index contributed by atoms with van der Waals surface area (Å²) in [6.45, 7) is 4.99.